The van der Waals surface area contributed by atoms with Crippen molar-refractivity contribution in [3.63, 3.8) is 0 Å². The third-order valence-corrected chi connectivity index (χ3v) is 7.77. The maximum atomic E-state index is 13.6. The van der Waals surface area contributed by atoms with E-state index in [1.807, 2.05) is 18.2 Å². The van der Waals surface area contributed by atoms with Gasteiger partial charge in [0.15, 0.2) is 0 Å². The van der Waals surface area contributed by atoms with Crippen LogP contribution < -0.4 is 10.3 Å². The summed E-state index contributed by atoms with van der Waals surface area (Å²) >= 11 is 5.96. The molecule has 4 rings (SSSR count). The van der Waals surface area contributed by atoms with Gasteiger partial charge in [-0.3, -0.25) is 4.79 Å². The van der Waals surface area contributed by atoms with E-state index < -0.39 is 10.0 Å². The van der Waals surface area contributed by atoms with Crippen LogP contribution in [0.2, 0.25) is 5.02 Å². The Labute approximate surface area is 203 Å². The van der Waals surface area contributed by atoms with Crippen LogP contribution in [-0.4, -0.2) is 24.8 Å². The number of aromatic amines is 1. The highest BCUT2D eigenvalue weighted by Crippen LogP contribution is 2.24. The second-order valence-electron chi connectivity index (χ2n) is 7.97. The smallest absolute Gasteiger partial charge is 0.252 e. The highest BCUT2D eigenvalue weighted by Gasteiger charge is 2.26. The Morgan fingerprint density at radius 3 is 2.24 bits per heavy atom. The third kappa shape index (κ3) is 5.17. The van der Waals surface area contributed by atoms with Gasteiger partial charge in [0.1, 0.15) is 5.75 Å². The molecule has 0 fully saturated rings. The first-order valence-corrected chi connectivity index (χ1v) is 12.7. The minimum absolute atomic E-state index is 0.0847. The summed E-state index contributed by atoms with van der Waals surface area (Å²) in [6.45, 7) is 2.06. The van der Waals surface area contributed by atoms with Crippen LogP contribution in [0.3, 0.4) is 0 Å². The van der Waals surface area contributed by atoms with Gasteiger partial charge in [-0.2, -0.15) is 4.31 Å². The quantitative estimate of drug-likeness (QED) is 0.366. The van der Waals surface area contributed by atoms with Crippen LogP contribution in [0.15, 0.2) is 82.5 Å². The van der Waals surface area contributed by atoms with Gasteiger partial charge in [-0.05, 0) is 77.5 Å². The van der Waals surface area contributed by atoms with Crippen LogP contribution in [0.5, 0.6) is 5.75 Å². The fourth-order valence-corrected chi connectivity index (χ4v) is 5.28. The van der Waals surface area contributed by atoms with Gasteiger partial charge >= 0.3 is 0 Å². The first-order chi connectivity index (χ1) is 16.3. The van der Waals surface area contributed by atoms with Gasteiger partial charge < -0.3 is 9.72 Å². The van der Waals surface area contributed by atoms with Crippen molar-refractivity contribution in [3.8, 4) is 5.75 Å². The number of benzene rings is 3. The average Bonchev–Trinajstić information content (AvgIpc) is 2.84. The van der Waals surface area contributed by atoms with Gasteiger partial charge in [0, 0.05) is 29.2 Å². The highest BCUT2D eigenvalue weighted by atomic mass is 35.5. The zero-order valence-electron chi connectivity index (χ0n) is 18.9. The molecule has 0 bridgehead atoms. The molecule has 0 atom stereocenters. The molecule has 0 unspecified atom stereocenters. The summed E-state index contributed by atoms with van der Waals surface area (Å²) < 4.78 is 33.7. The van der Waals surface area contributed by atoms with E-state index in [-0.39, 0.29) is 23.5 Å². The molecule has 1 heterocycles. The minimum atomic E-state index is -3.92. The number of fused-ring (bicyclic) bond motifs is 1. The second kappa shape index (κ2) is 10.0. The Morgan fingerprint density at radius 1 is 0.912 bits per heavy atom. The normalized spacial score (nSPS) is 11.8. The molecule has 0 amide bonds. The van der Waals surface area contributed by atoms with Crippen molar-refractivity contribution < 1.29 is 13.2 Å². The number of hydrogen-bond acceptors (Lipinski definition) is 4. The number of hydrogen-bond donors (Lipinski definition) is 1. The van der Waals surface area contributed by atoms with Crippen molar-refractivity contribution in [2.24, 2.45) is 0 Å². The summed E-state index contributed by atoms with van der Waals surface area (Å²) in [7, 11) is -2.35. The Morgan fingerprint density at radius 2 is 1.59 bits per heavy atom. The summed E-state index contributed by atoms with van der Waals surface area (Å²) in [5.41, 5.74) is 2.67. The molecule has 1 aromatic heterocycles. The Balaban J connectivity index is 1.76. The topological polar surface area (TPSA) is 79.5 Å². The van der Waals surface area contributed by atoms with E-state index in [0.717, 1.165) is 22.9 Å². The Kier molecular flexibility index (Phi) is 7.07. The predicted molar refractivity (Wildman–Crippen MR) is 135 cm³/mol. The van der Waals surface area contributed by atoms with Gasteiger partial charge in [0.2, 0.25) is 10.0 Å². The van der Waals surface area contributed by atoms with Gasteiger partial charge in [0.05, 0.1) is 12.0 Å². The molecule has 0 saturated carbocycles. The Bertz CT molecular complexity index is 1460. The molecule has 4 aromatic rings. The standard InChI is InChI=1S/C26H25ClN2O4S/c1-3-18-6-13-25-20(14-18)15-21(26(30)28-25)17-29(16-19-4-9-23(33-2)10-5-19)34(31,32)24-11-7-22(27)8-12-24/h4-15H,3,16-17H2,1-2H3,(H,28,30). The van der Waals surface area contributed by atoms with E-state index in [4.69, 9.17) is 16.3 Å². The molecule has 0 saturated heterocycles. The number of H-pyrrole nitrogens is 1. The van der Waals surface area contributed by atoms with E-state index in [0.29, 0.717) is 21.9 Å². The lowest BCUT2D eigenvalue weighted by molar-refractivity contribution is 0.398. The zero-order valence-corrected chi connectivity index (χ0v) is 20.5. The maximum Gasteiger partial charge on any atom is 0.252 e. The fourth-order valence-electron chi connectivity index (χ4n) is 3.74. The van der Waals surface area contributed by atoms with Crippen molar-refractivity contribution in [3.05, 3.63) is 105 Å². The van der Waals surface area contributed by atoms with E-state index in [1.54, 1.807) is 37.4 Å². The largest absolute Gasteiger partial charge is 0.497 e. The second-order valence-corrected chi connectivity index (χ2v) is 10.3. The molecular weight excluding hydrogens is 472 g/mol. The van der Waals surface area contributed by atoms with E-state index >= 15 is 0 Å². The van der Waals surface area contributed by atoms with Crippen molar-refractivity contribution >= 4 is 32.5 Å². The summed E-state index contributed by atoms with van der Waals surface area (Å²) in [5, 5.41) is 1.31. The first-order valence-electron chi connectivity index (χ1n) is 10.8. The number of methoxy groups -OCH3 is 1. The number of ether oxygens (including phenoxy) is 1. The fraction of sp³-hybridized carbons (Fsp3) is 0.192. The number of aromatic nitrogens is 1. The van der Waals surface area contributed by atoms with Crippen LogP contribution in [0.25, 0.3) is 10.9 Å². The molecule has 0 aliphatic heterocycles. The molecule has 3 aromatic carbocycles. The van der Waals surface area contributed by atoms with Gasteiger partial charge in [-0.25, -0.2) is 8.42 Å². The highest BCUT2D eigenvalue weighted by molar-refractivity contribution is 7.89. The summed E-state index contributed by atoms with van der Waals surface area (Å²) in [5.74, 6) is 0.675. The van der Waals surface area contributed by atoms with Crippen LogP contribution in [-0.2, 0) is 29.5 Å². The molecular formula is C26H25ClN2O4S. The first kappa shape index (κ1) is 24.0. The third-order valence-electron chi connectivity index (χ3n) is 5.71. The number of rotatable bonds is 8. The Hall–Kier alpha value is -3.13. The van der Waals surface area contributed by atoms with Crippen molar-refractivity contribution in [2.45, 2.75) is 31.3 Å². The molecule has 1 N–H and O–H groups in total. The number of nitrogens with zero attached hydrogens (tertiary/aromatic N) is 1. The lowest BCUT2D eigenvalue weighted by atomic mass is 10.1. The van der Waals surface area contributed by atoms with Gasteiger partial charge in [-0.1, -0.05) is 36.7 Å². The lowest BCUT2D eigenvalue weighted by Gasteiger charge is -2.22. The number of aryl methyl sites for hydroxylation is 1. The monoisotopic (exact) mass is 496 g/mol. The van der Waals surface area contributed by atoms with Crippen LogP contribution >= 0.6 is 11.6 Å². The molecule has 176 valence electrons. The van der Waals surface area contributed by atoms with Crippen molar-refractivity contribution in [1.82, 2.24) is 9.29 Å². The predicted octanol–water partition coefficient (Wildman–Crippen LogP) is 5.14. The molecule has 0 radical (unpaired) electrons. The zero-order chi connectivity index (χ0) is 24.3. The molecule has 0 spiro atoms. The lowest BCUT2D eigenvalue weighted by Crippen LogP contribution is -2.32. The summed E-state index contributed by atoms with van der Waals surface area (Å²) in [4.78, 5) is 15.8. The maximum absolute atomic E-state index is 13.6. The number of pyridine rings is 1. The van der Waals surface area contributed by atoms with Crippen molar-refractivity contribution in [2.75, 3.05) is 7.11 Å². The SMILES string of the molecule is CCc1ccc2[nH]c(=O)c(CN(Cc3ccc(OC)cc3)S(=O)(=O)c3ccc(Cl)cc3)cc2c1. The molecule has 6 nitrogen and oxygen atoms in total. The van der Waals surface area contributed by atoms with E-state index in [1.165, 1.54) is 28.6 Å². The van der Waals surface area contributed by atoms with E-state index in [2.05, 4.69) is 11.9 Å². The molecule has 34 heavy (non-hydrogen) atoms. The number of nitrogens with one attached hydrogen (secondary N) is 1. The van der Waals surface area contributed by atoms with Crippen molar-refractivity contribution in [1.29, 1.82) is 0 Å². The molecule has 0 aliphatic rings. The van der Waals surface area contributed by atoms with Gasteiger partial charge in [0.25, 0.3) is 5.56 Å². The summed E-state index contributed by atoms with van der Waals surface area (Å²) in [6.07, 6.45) is 0.860. The van der Waals surface area contributed by atoms with Crippen LogP contribution in [0.1, 0.15) is 23.6 Å². The molecule has 0 aliphatic carbocycles. The molecule has 8 heteroatoms. The number of halogens is 1. The minimum Gasteiger partial charge on any atom is -0.497 e. The summed E-state index contributed by atoms with van der Waals surface area (Å²) in [6, 6.07) is 20.8. The average molecular weight is 497 g/mol. The van der Waals surface area contributed by atoms with Gasteiger partial charge in [-0.15, -0.1) is 0 Å². The van der Waals surface area contributed by atoms with E-state index in [9.17, 15) is 13.2 Å². The number of sulfonamides is 1. The van der Waals surface area contributed by atoms with Crippen LogP contribution in [0.4, 0.5) is 0 Å². The van der Waals surface area contributed by atoms with Crippen LogP contribution in [0, 0.1) is 0 Å².